The molecule has 2 rings (SSSR count). The standard InChI is InChI=1S/C11H10N2O/c14-12-9-11-7-4-8-13(11)10-5-2-1-3-6-10/h1-8H,9H2. The first-order chi connectivity index (χ1) is 6.92. The van der Waals surface area contributed by atoms with Gasteiger partial charge in [0.1, 0.15) is 6.54 Å². The number of para-hydroxylation sites is 1. The molecule has 0 fully saturated rings. The molecule has 0 aliphatic carbocycles. The maximum atomic E-state index is 10.2. The molecule has 14 heavy (non-hydrogen) atoms. The van der Waals surface area contributed by atoms with Crippen LogP contribution in [0, 0.1) is 4.91 Å². The number of aromatic nitrogens is 1. The van der Waals surface area contributed by atoms with Gasteiger partial charge in [-0.05, 0) is 24.3 Å². The van der Waals surface area contributed by atoms with Crippen molar-refractivity contribution in [2.45, 2.75) is 6.54 Å². The van der Waals surface area contributed by atoms with Crippen LogP contribution < -0.4 is 0 Å². The molecular formula is C11H10N2O. The van der Waals surface area contributed by atoms with Gasteiger partial charge in [0.2, 0.25) is 0 Å². The van der Waals surface area contributed by atoms with Gasteiger partial charge < -0.3 is 4.57 Å². The van der Waals surface area contributed by atoms with Gasteiger partial charge in [0.05, 0.1) is 0 Å². The summed E-state index contributed by atoms with van der Waals surface area (Å²) in [5.41, 5.74) is 1.96. The van der Waals surface area contributed by atoms with E-state index in [1.165, 1.54) is 0 Å². The summed E-state index contributed by atoms with van der Waals surface area (Å²) in [7, 11) is 0. The summed E-state index contributed by atoms with van der Waals surface area (Å²) in [5.74, 6) is 0. The zero-order valence-corrected chi connectivity index (χ0v) is 7.63. The predicted molar refractivity (Wildman–Crippen MR) is 55.3 cm³/mol. The van der Waals surface area contributed by atoms with Gasteiger partial charge in [-0.1, -0.05) is 23.4 Å². The molecule has 0 saturated heterocycles. The minimum absolute atomic E-state index is 0.210. The van der Waals surface area contributed by atoms with Crippen LogP contribution in [-0.4, -0.2) is 4.57 Å². The molecule has 0 spiro atoms. The average Bonchev–Trinajstić information content (AvgIpc) is 2.68. The Hall–Kier alpha value is -1.90. The minimum atomic E-state index is 0.210. The van der Waals surface area contributed by atoms with Gasteiger partial charge in [-0.25, -0.2) is 0 Å². The second-order valence-electron chi connectivity index (χ2n) is 2.99. The number of rotatable bonds is 3. The summed E-state index contributed by atoms with van der Waals surface area (Å²) in [5, 5.41) is 2.89. The van der Waals surface area contributed by atoms with E-state index >= 15 is 0 Å². The Labute approximate surface area is 82.0 Å². The molecule has 1 heterocycles. The molecule has 0 bridgehead atoms. The van der Waals surface area contributed by atoms with Crippen molar-refractivity contribution in [3.05, 3.63) is 59.3 Å². The molecule has 0 N–H and O–H groups in total. The molecule has 3 nitrogen and oxygen atoms in total. The maximum absolute atomic E-state index is 10.2. The van der Waals surface area contributed by atoms with E-state index in [4.69, 9.17) is 0 Å². The van der Waals surface area contributed by atoms with Gasteiger partial charge >= 0.3 is 0 Å². The molecule has 0 atom stereocenters. The quantitative estimate of drug-likeness (QED) is 0.678. The van der Waals surface area contributed by atoms with Crippen LogP contribution >= 0.6 is 0 Å². The monoisotopic (exact) mass is 186 g/mol. The van der Waals surface area contributed by atoms with E-state index in [2.05, 4.69) is 5.18 Å². The third kappa shape index (κ3) is 1.57. The van der Waals surface area contributed by atoms with E-state index in [0.717, 1.165) is 11.4 Å². The molecule has 1 aromatic heterocycles. The van der Waals surface area contributed by atoms with Gasteiger partial charge in [0.25, 0.3) is 0 Å². The van der Waals surface area contributed by atoms with Crippen molar-refractivity contribution in [1.82, 2.24) is 4.57 Å². The molecule has 1 aromatic carbocycles. The van der Waals surface area contributed by atoms with Crippen LogP contribution in [0.1, 0.15) is 5.69 Å². The molecule has 0 saturated carbocycles. The second-order valence-corrected chi connectivity index (χ2v) is 2.99. The fraction of sp³-hybridized carbons (Fsp3) is 0.0909. The first-order valence-corrected chi connectivity index (χ1v) is 4.42. The Balaban J connectivity index is 2.41. The molecule has 0 unspecified atom stereocenters. The normalized spacial score (nSPS) is 10.0. The predicted octanol–water partition coefficient (Wildman–Crippen LogP) is 2.74. The van der Waals surface area contributed by atoms with Crippen molar-refractivity contribution in [2.75, 3.05) is 0 Å². The van der Waals surface area contributed by atoms with E-state index in [9.17, 15) is 4.91 Å². The van der Waals surface area contributed by atoms with E-state index < -0.39 is 0 Å². The van der Waals surface area contributed by atoms with Crippen LogP contribution in [0.2, 0.25) is 0 Å². The summed E-state index contributed by atoms with van der Waals surface area (Å²) in [4.78, 5) is 10.2. The average molecular weight is 186 g/mol. The third-order valence-corrected chi connectivity index (χ3v) is 2.09. The number of hydrogen-bond donors (Lipinski definition) is 0. The van der Waals surface area contributed by atoms with Gasteiger partial charge in [-0.15, -0.1) is 0 Å². The van der Waals surface area contributed by atoms with E-state index in [1.807, 2.05) is 53.2 Å². The molecule has 3 heteroatoms. The van der Waals surface area contributed by atoms with Crippen LogP contribution in [0.5, 0.6) is 0 Å². The molecule has 0 aliphatic rings. The van der Waals surface area contributed by atoms with Crippen molar-refractivity contribution in [3.63, 3.8) is 0 Å². The zero-order chi connectivity index (χ0) is 9.80. The maximum Gasteiger partial charge on any atom is 0.121 e. The highest BCUT2D eigenvalue weighted by Gasteiger charge is 2.01. The largest absolute Gasteiger partial charge is 0.319 e. The number of nitroso groups, excluding NO2 is 1. The van der Waals surface area contributed by atoms with Crippen molar-refractivity contribution in [1.29, 1.82) is 0 Å². The van der Waals surface area contributed by atoms with E-state index in [-0.39, 0.29) is 6.54 Å². The summed E-state index contributed by atoms with van der Waals surface area (Å²) in [6, 6.07) is 13.7. The molecule has 0 radical (unpaired) electrons. The van der Waals surface area contributed by atoms with Gasteiger partial charge in [-0.3, -0.25) is 0 Å². The highest BCUT2D eigenvalue weighted by molar-refractivity contribution is 5.34. The van der Waals surface area contributed by atoms with Crippen LogP contribution in [0.4, 0.5) is 0 Å². The SMILES string of the molecule is O=NCc1cccn1-c1ccccc1. The van der Waals surface area contributed by atoms with Gasteiger partial charge in [0.15, 0.2) is 0 Å². The Morgan fingerprint density at radius 2 is 1.86 bits per heavy atom. The Morgan fingerprint density at radius 3 is 2.57 bits per heavy atom. The number of nitrogens with zero attached hydrogens (tertiary/aromatic N) is 2. The lowest BCUT2D eigenvalue weighted by Crippen LogP contribution is -1.96. The van der Waals surface area contributed by atoms with E-state index in [0.29, 0.717) is 0 Å². The van der Waals surface area contributed by atoms with E-state index in [1.54, 1.807) is 0 Å². The topological polar surface area (TPSA) is 34.4 Å². The lowest BCUT2D eigenvalue weighted by molar-refractivity contribution is 0.907. The lowest BCUT2D eigenvalue weighted by atomic mass is 10.3. The second kappa shape index (κ2) is 3.87. The van der Waals surface area contributed by atoms with Gasteiger partial charge in [0, 0.05) is 17.6 Å². The molecule has 0 amide bonds. The van der Waals surface area contributed by atoms with Crippen molar-refractivity contribution in [2.24, 2.45) is 5.18 Å². The summed E-state index contributed by atoms with van der Waals surface area (Å²) >= 11 is 0. The Morgan fingerprint density at radius 1 is 1.07 bits per heavy atom. The summed E-state index contributed by atoms with van der Waals surface area (Å²) < 4.78 is 1.96. The summed E-state index contributed by atoms with van der Waals surface area (Å²) in [6.45, 7) is 0.210. The summed E-state index contributed by atoms with van der Waals surface area (Å²) in [6.07, 6.45) is 1.93. The van der Waals surface area contributed by atoms with Gasteiger partial charge in [-0.2, -0.15) is 4.91 Å². The van der Waals surface area contributed by atoms with Crippen molar-refractivity contribution in [3.8, 4) is 5.69 Å². The third-order valence-electron chi connectivity index (χ3n) is 2.09. The zero-order valence-electron chi connectivity index (χ0n) is 7.63. The fourth-order valence-electron chi connectivity index (χ4n) is 1.45. The van der Waals surface area contributed by atoms with Crippen LogP contribution in [0.25, 0.3) is 5.69 Å². The molecule has 0 aliphatic heterocycles. The van der Waals surface area contributed by atoms with Crippen LogP contribution in [-0.2, 0) is 6.54 Å². The molecular weight excluding hydrogens is 176 g/mol. The van der Waals surface area contributed by atoms with Crippen LogP contribution in [0.15, 0.2) is 53.8 Å². The molecule has 70 valence electrons. The smallest absolute Gasteiger partial charge is 0.121 e. The number of hydrogen-bond acceptors (Lipinski definition) is 2. The fourth-order valence-corrected chi connectivity index (χ4v) is 1.45. The highest BCUT2D eigenvalue weighted by Crippen LogP contribution is 2.12. The Kier molecular flexibility index (Phi) is 2.40. The Bertz CT molecular complexity index is 420. The first-order valence-electron chi connectivity index (χ1n) is 4.42. The lowest BCUT2D eigenvalue weighted by Gasteiger charge is -2.05. The highest BCUT2D eigenvalue weighted by atomic mass is 16.3. The minimum Gasteiger partial charge on any atom is -0.319 e. The van der Waals surface area contributed by atoms with Crippen molar-refractivity contribution >= 4 is 0 Å². The molecule has 2 aromatic rings. The first kappa shape index (κ1) is 8.69. The van der Waals surface area contributed by atoms with Crippen LogP contribution in [0.3, 0.4) is 0 Å². The van der Waals surface area contributed by atoms with Crippen molar-refractivity contribution < 1.29 is 0 Å². The number of benzene rings is 1.